The molecule has 180 valence electrons. The molecular weight excluding hydrogens is 465 g/mol. The van der Waals surface area contributed by atoms with Gasteiger partial charge in [-0.2, -0.15) is 4.98 Å². The molecular formula is C23H19F3N6O3. The molecule has 1 saturated heterocycles. The van der Waals surface area contributed by atoms with Crippen molar-refractivity contribution in [2.24, 2.45) is 0 Å². The Morgan fingerprint density at radius 2 is 1.71 bits per heavy atom. The molecule has 0 saturated carbocycles. The molecule has 0 bridgehead atoms. The molecule has 1 aliphatic rings. The number of ether oxygens (including phenoxy) is 1. The van der Waals surface area contributed by atoms with Gasteiger partial charge >= 0.3 is 5.97 Å². The van der Waals surface area contributed by atoms with E-state index in [0.29, 0.717) is 55.0 Å². The highest BCUT2D eigenvalue weighted by atomic mass is 19.1. The molecule has 0 aliphatic carbocycles. The van der Waals surface area contributed by atoms with Crippen LogP contribution in [0.3, 0.4) is 0 Å². The number of aromatic carboxylic acids is 1. The molecule has 3 N–H and O–H groups in total. The molecule has 0 atom stereocenters. The van der Waals surface area contributed by atoms with Crippen molar-refractivity contribution in [3.63, 3.8) is 0 Å². The SMILES string of the molecule is O=C(O)c1ccc(Nc2ncc3nc(Nc4c(F)cc(F)cc4F)n(C4CCOCC4)c3n2)cc1. The number of benzene rings is 2. The summed E-state index contributed by atoms with van der Waals surface area (Å²) in [7, 11) is 0. The summed E-state index contributed by atoms with van der Waals surface area (Å²) in [6.45, 7) is 0.990. The van der Waals surface area contributed by atoms with Crippen LogP contribution in [0.15, 0.2) is 42.6 Å². The largest absolute Gasteiger partial charge is 0.478 e. The number of nitrogens with one attached hydrogen (secondary N) is 2. The molecule has 1 aliphatic heterocycles. The van der Waals surface area contributed by atoms with Crippen molar-refractivity contribution in [3.8, 4) is 0 Å². The number of carbonyl (C=O) groups is 1. The molecule has 35 heavy (non-hydrogen) atoms. The van der Waals surface area contributed by atoms with E-state index in [1.54, 1.807) is 16.7 Å². The van der Waals surface area contributed by atoms with E-state index in [2.05, 4.69) is 25.6 Å². The highest BCUT2D eigenvalue weighted by Gasteiger charge is 2.25. The first kappa shape index (κ1) is 22.6. The number of imidazole rings is 1. The van der Waals surface area contributed by atoms with Crippen LogP contribution in [0.4, 0.5) is 36.4 Å². The first-order chi connectivity index (χ1) is 16.9. The number of halogens is 3. The zero-order chi connectivity index (χ0) is 24.5. The molecule has 2 aromatic heterocycles. The molecule has 2 aromatic carbocycles. The molecule has 9 nitrogen and oxygen atoms in total. The average molecular weight is 484 g/mol. The van der Waals surface area contributed by atoms with Crippen LogP contribution in [0.2, 0.25) is 0 Å². The van der Waals surface area contributed by atoms with Gasteiger partial charge in [0.2, 0.25) is 11.9 Å². The molecule has 5 rings (SSSR count). The lowest BCUT2D eigenvalue weighted by Crippen LogP contribution is -2.21. The quantitative estimate of drug-likeness (QED) is 0.358. The second-order valence-corrected chi connectivity index (χ2v) is 7.93. The smallest absolute Gasteiger partial charge is 0.335 e. The van der Waals surface area contributed by atoms with E-state index in [0.717, 1.165) is 0 Å². The van der Waals surface area contributed by atoms with Crippen molar-refractivity contribution in [1.82, 2.24) is 19.5 Å². The maximum Gasteiger partial charge on any atom is 0.335 e. The Morgan fingerprint density at radius 1 is 1.03 bits per heavy atom. The van der Waals surface area contributed by atoms with E-state index in [-0.39, 0.29) is 23.5 Å². The minimum atomic E-state index is -1.09. The van der Waals surface area contributed by atoms with Gasteiger partial charge < -0.3 is 20.5 Å². The summed E-state index contributed by atoms with van der Waals surface area (Å²) in [6, 6.07) is 7.11. The predicted octanol–water partition coefficient (Wildman–Crippen LogP) is 4.78. The fourth-order valence-electron chi connectivity index (χ4n) is 3.93. The zero-order valence-corrected chi connectivity index (χ0v) is 18.1. The van der Waals surface area contributed by atoms with Crippen molar-refractivity contribution in [2.45, 2.75) is 18.9 Å². The number of nitrogens with zero attached hydrogens (tertiary/aromatic N) is 4. The Hall–Kier alpha value is -4.19. The van der Waals surface area contributed by atoms with Crippen LogP contribution in [-0.4, -0.2) is 43.8 Å². The summed E-state index contributed by atoms with van der Waals surface area (Å²) in [4.78, 5) is 24.3. The van der Waals surface area contributed by atoms with E-state index in [1.165, 1.54) is 18.3 Å². The van der Waals surface area contributed by atoms with Gasteiger partial charge in [0.25, 0.3) is 0 Å². The number of fused-ring (bicyclic) bond motifs is 1. The van der Waals surface area contributed by atoms with E-state index < -0.39 is 29.1 Å². The third kappa shape index (κ3) is 4.60. The zero-order valence-electron chi connectivity index (χ0n) is 18.1. The third-order valence-corrected chi connectivity index (χ3v) is 5.62. The summed E-state index contributed by atoms with van der Waals surface area (Å²) in [5.41, 5.74) is 0.983. The van der Waals surface area contributed by atoms with Crippen molar-refractivity contribution < 1.29 is 27.8 Å². The number of hydrogen-bond donors (Lipinski definition) is 3. The molecule has 0 radical (unpaired) electrons. The fraction of sp³-hybridized carbons (Fsp3) is 0.217. The highest BCUT2D eigenvalue weighted by Crippen LogP contribution is 2.33. The Labute approximate surface area is 196 Å². The first-order valence-corrected chi connectivity index (χ1v) is 10.7. The Bertz CT molecular complexity index is 1380. The van der Waals surface area contributed by atoms with Crippen LogP contribution in [0.25, 0.3) is 11.2 Å². The fourth-order valence-corrected chi connectivity index (χ4v) is 3.93. The maximum atomic E-state index is 14.3. The standard InChI is InChI=1S/C23H19F3N6O3/c24-13-9-16(25)19(17(26)10-13)30-23-29-18-11-27-22(28-14-3-1-12(2-4-14)21(33)34)31-20(18)32(23)15-5-7-35-8-6-15/h1-4,9-11,15H,5-8H2,(H,29,30)(H,33,34)(H,27,28,31). The number of hydrogen-bond acceptors (Lipinski definition) is 7. The van der Waals surface area contributed by atoms with Gasteiger partial charge in [0, 0.05) is 37.1 Å². The van der Waals surface area contributed by atoms with E-state index in [1.807, 2.05) is 0 Å². The van der Waals surface area contributed by atoms with Crippen LogP contribution >= 0.6 is 0 Å². The molecule has 1 fully saturated rings. The van der Waals surface area contributed by atoms with E-state index >= 15 is 0 Å². The average Bonchev–Trinajstić information content (AvgIpc) is 3.19. The van der Waals surface area contributed by atoms with Crippen molar-refractivity contribution in [2.75, 3.05) is 23.8 Å². The number of carboxylic acid groups (broad SMARTS) is 1. The van der Waals surface area contributed by atoms with Crippen molar-refractivity contribution in [1.29, 1.82) is 0 Å². The van der Waals surface area contributed by atoms with Gasteiger partial charge in [-0.05, 0) is 37.1 Å². The molecule has 0 spiro atoms. The molecule has 12 heteroatoms. The predicted molar refractivity (Wildman–Crippen MR) is 121 cm³/mol. The number of aromatic nitrogens is 4. The second kappa shape index (κ2) is 9.22. The van der Waals surface area contributed by atoms with E-state index in [4.69, 9.17) is 9.84 Å². The summed E-state index contributed by atoms with van der Waals surface area (Å²) >= 11 is 0. The van der Waals surface area contributed by atoms with E-state index in [9.17, 15) is 18.0 Å². The number of anilines is 4. The lowest BCUT2D eigenvalue weighted by molar-refractivity contribution is 0.0696. The monoisotopic (exact) mass is 484 g/mol. The summed E-state index contributed by atoms with van der Waals surface area (Å²) in [6.07, 6.45) is 2.71. The number of rotatable bonds is 6. The van der Waals surface area contributed by atoms with Gasteiger partial charge in [-0.1, -0.05) is 0 Å². The third-order valence-electron chi connectivity index (χ3n) is 5.62. The number of carboxylic acids is 1. The molecule has 0 unspecified atom stereocenters. The minimum Gasteiger partial charge on any atom is -0.478 e. The van der Waals surface area contributed by atoms with Gasteiger partial charge in [0.15, 0.2) is 17.3 Å². The minimum absolute atomic E-state index is 0.125. The van der Waals surface area contributed by atoms with Crippen LogP contribution in [-0.2, 0) is 4.74 Å². The Kier molecular flexibility index (Phi) is 5.95. The van der Waals surface area contributed by atoms with Crippen molar-refractivity contribution >= 4 is 40.4 Å². The molecule has 0 amide bonds. The van der Waals surface area contributed by atoms with Gasteiger partial charge in [-0.3, -0.25) is 4.57 Å². The Balaban J connectivity index is 1.54. The van der Waals surface area contributed by atoms with Crippen LogP contribution in [0.1, 0.15) is 29.2 Å². The molecule has 3 heterocycles. The topological polar surface area (TPSA) is 114 Å². The van der Waals surface area contributed by atoms with Crippen LogP contribution in [0, 0.1) is 17.5 Å². The normalized spacial score (nSPS) is 14.3. The van der Waals surface area contributed by atoms with Gasteiger partial charge in [0.1, 0.15) is 17.0 Å². The maximum absolute atomic E-state index is 14.3. The van der Waals surface area contributed by atoms with Gasteiger partial charge in [0.05, 0.1) is 11.8 Å². The Morgan fingerprint density at radius 3 is 2.37 bits per heavy atom. The molecule has 4 aromatic rings. The van der Waals surface area contributed by atoms with Gasteiger partial charge in [-0.25, -0.2) is 27.9 Å². The second-order valence-electron chi connectivity index (χ2n) is 7.93. The summed E-state index contributed by atoms with van der Waals surface area (Å²) in [5.74, 6) is -3.89. The first-order valence-electron chi connectivity index (χ1n) is 10.7. The van der Waals surface area contributed by atoms with Gasteiger partial charge in [-0.15, -0.1) is 0 Å². The van der Waals surface area contributed by atoms with Crippen LogP contribution in [0.5, 0.6) is 0 Å². The lowest BCUT2D eigenvalue weighted by Gasteiger charge is -2.25. The lowest BCUT2D eigenvalue weighted by atomic mass is 10.1. The van der Waals surface area contributed by atoms with Crippen LogP contribution < -0.4 is 10.6 Å². The summed E-state index contributed by atoms with van der Waals surface area (Å²) < 4.78 is 49.2. The van der Waals surface area contributed by atoms with Crippen molar-refractivity contribution in [3.05, 3.63) is 65.6 Å². The highest BCUT2D eigenvalue weighted by molar-refractivity contribution is 5.88. The summed E-state index contributed by atoms with van der Waals surface area (Å²) in [5, 5.41) is 14.7.